The van der Waals surface area contributed by atoms with Gasteiger partial charge in [-0.2, -0.15) is 28.3 Å². The summed E-state index contributed by atoms with van der Waals surface area (Å²) in [7, 11) is 7.25. The Bertz CT molecular complexity index is 245. The Kier molecular flexibility index (Phi) is 19.2. The molecule has 1 aromatic carbocycles. The Labute approximate surface area is 128 Å². The van der Waals surface area contributed by atoms with Gasteiger partial charge in [-0.05, 0) is 14.1 Å². The zero-order valence-corrected chi connectivity index (χ0v) is 14.1. The summed E-state index contributed by atoms with van der Waals surface area (Å²) in [4.78, 5) is 1.75. The molecule has 0 N–H and O–H groups in total. The van der Waals surface area contributed by atoms with Gasteiger partial charge in [-0.1, -0.05) is 27.7 Å². The van der Waals surface area contributed by atoms with Gasteiger partial charge in [0, 0.05) is 0 Å². The first kappa shape index (κ1) is 25.4. The quantitative estimate of drug-likeness (QED) is 0.364. The molecule has 1 aromatic rings. The summed E-state index contributed by atoms with van der Waals surface area (Å²) < 4.78 is 0. The van der Waals surface area contributed by atoms with Crippen LogP contribution in [0.3, 0.4) is 0 Å². The fraction of sp³-hybridized carbons (Fsp3) is 0.500. The number of hydrogen-bond donors (Lipinski definition) is 0. The Morgan fingerprint density at radius 3 is 1.12 bits per heavy atom. The molecule has 0 aliphatic rings. The molecule has 0 aromatic heterocycles. The minimum absolute atomic E-state index is 0. The minimum atomic E-state index is 0. The van der Waals surface area contributed by atoms with E-state index in [2.05, 4.69) is 40.8 Å². The maximum atomic E-state index is 3.47. The molecule has 92 valence electrons. The number of hydrogen-bond acceptors (Lipinski definition) is 1. The van der Waals surface area contributed by atoms with Crippen molar-refractivity contribution in [3.63, 3.8) is 0 Å². The van der Waals surface area contributed by atoms with Crippen molar-refractivity contribution < 1.29 is 46.5 Å². The number of rotatable bonds is 0. The first-order valence-electron chi connectivity index (χ1n) is 4.54. The van der Waals surface area contributed by atoms with Gasteiger partial charge in [0.2, 0.25) is 0 Å². The second-order valence-electron chi connectivity index (χ2n) is 3.84. The molecule has 0 fully saturated rings. The molecule has 0 spiro atoms. The van der Waals surface area contributed by atoms with E-state index in [0.717, 1.165) is 0 Å². The van der Waals surface area contributed by atoms with Crippen LogP contribution in [-0.4, -0.2) is 19.0 Å². The van der Waals surface area contributed by atoms with E-state index < -0.39 is 0 Å². The van der Waals surface area contributed by atoms with Gasteiger partial charge in [0.25, 0.3) is 0 Å². The minimum Gasteiger partial charge on any atom is -1.00 e. The van der Waals surface area contributed by atoms with Crippen LogP contribution in [0.15, 0.2) is 6.07 Å². The third-order valence-electron chi connectivity index (χ3n) is 2.18. The molecule has 0 amide bonds. The van der Waals surface area contributed by atoms with Crippen molar-refractivity contribution >= 4 is 0 Å². The molecule has 1 rings (SSSR count). The molecule has 0 heterocycles. The third kappa shape index (κ3) is 9.80. The fourth-order valence-corrected chi connectivity index (χ4v) is 1.13. The predicted octanol–water partition coefficient (Wildman–Crippen LogP) is -3.02. The van der Waals surface area contributed by atoms with Crippen LogP contribution < -0.4 is 24.8 Å². The molecule has 0 saturated carbocycles. The predicted molar refractivity (Wildman–Crippen MR) is 60.0 cm³/mol. The van der Waals surface area contributed by atoms with E-state index >= 15 is 0 Å². The van der Waals surface area contributed by atoms with Gasteiger partial charge >= 0.3 is 21.7 Å². The Hall–Kier alpha value is 0.604. The Morgan fingerprint density at radius 2 is 1.06 bits per heavy atom. The van der Waals surface area contributed by atoms with Crippen molar-refractivity contribution in [2.75, 3.05) is 14.1 Å². The van der Waals surface area contributed by atoms with Crippen molar-refractivity contribution in [1.29, 1.82) is 0 Å². The Balaban J connectivity index is -0.0000000921. The summed E-state index contributed by atoms with van der Waals surface area (Å²) in [5, 5.41) is 0. The first-order chi connectivity index (χ1) is 5.86. The fourth-order valence-electron chi connectivity index (χ4n) is 1.13. The van der Waals surface area contributed by atoms with Crippen LogP contribution in [0.1, 0.15) is 22.3 Å². The topological polar surface area (TPSA) is 3.24 Å². The van der Waals surface area contributed by atoms with Gasteiger partial charge < -0.3 is 29.7 Å². The van der Waals surface area contributed by atoms with Crippen molar-refractivity contribution in [3.8, 4) is 0 Å². The first-order valence-corrected chi connectivity index (χ1v) is 4.54. The molecule has 0 atom stereocenters. The summed E-state index contributed by atoms with van der Waals surface area (Å²) in [5.41, 5.74) is 5.75. The molecule has 4 heteroatoms. The van der Waals surface area contributed by atoms with Crippen molar-refractivity contribution in [2.24, 2.45) is 0 Å². The summed E-state index contributed by atoms with van der Waals surface area (Å²) in [6.45, 7) is 8.68. The molecule has 0 bridgehead atoms. The SMILES string of the molecule is Cc1[cH-]c(C)c(C)c1C.[CH2-]N(C)C.[Cl-].[Cl-].[Ti+4]. The molecule has 1 nitrogen and oxygen atoms in total. The summed E-state index contributed by atoms with van der Waals surface area (Å²) in [5.74, 6) is 0. The maximum Gasteiger partial charge on any atom is 4.00 e. The molecule has 0 saturated heterocycles. The molecular weight excluding hydrogens is 277 g/mol. The molecule has 16 heavy (non-hydrogen) atoms. The normalized spacial score (nSPS) is 8.00. The van der Waals surface area contributed by atoms with Crippen LogP contribution in [0.2, 0.25) is 0 Å². The van der Waals surface area contributed by atoms with Crippen LogP contribution in [-0.2, 0) is 21.7 Å². The second kappa shape index (κ2) is 12.1. The van der Waals surface area contributed by atoms with Crippen LogP contribution in [0, 0.1) is 34.7 Å². The summed E-state index contributed by atoms with van der Waals surface area (Å²) >= 11 is 0. The zero-order valence-electron chi connectivity index (χ0n) is 11.0. The third-order valence-corrected chi connectivity index (χ3v) is 2.18. The molecule has 0 aliphatic heterocycles. The number of aryl methyl sites for hydroxylation is 2. The van der Waals surface area contributed by atoms with E-state index in [1.165, 1.54) is 22.3 Å². The van der Waals surface area contributed by atoms with Crippen LogP contribution in [0.4, 0.5) is 0 Å². The Morgan fingerprint density at radius 1 is 0.875 bits per heavy atom. The van der Waals surface area contributed by atoms with Gasteiger partial charge in [0.05, 0.1) is 0 Å². The number of nitrogens with zero attached hydrogens (tertiary/aromatic N) is 1. The second-order valence-corrected chi connectivity index (χ2v) is 3.84. The smallest absolute Gasteiger partial charge is 1.00 e. The molecular formula is C12H21Cl2NTi. The van der Waals surface area contributed by atoms with Crippen molar-refractivity contribution in [2.45, 2.75) is 27.7 Å². The molecule has 0 unspecified atom stereocenters. The standard InChI is InChI=1S/C9H13.C3H8N.2ClH.Ti/c1-6-5-7(2)9(4)8(6)3;1-4(2)3;;;/h5H,1-4H3;1H2,2-3H3;2*1H;/q2*-1;;;+4/p-2. The van der Waals surface area contributed by atoms with E-state index in [1.54, 1.807) is 4.90 Å². The van der Waals surface area contributed by atoms with E-state index in [4.69, 9.17) is 0 Å². The average molecular weight is 298 g/mol. The maximum absolute atomic E-state index is 3.47. The van der Waals surface area contributed by atoms with E-state index in [0.29, 0.717) is 0 Å². The zero-order chi connectivity index (χ0) is 10.6. The summed E-state index contributed by atoms with van der Waals surface area (Å²) in [6.07, 6.45) is 0. The van der Waals surface area contributed by atoms with Crippen LogP contribution in [0.5, 0.6) is 0 Å². The van der Waals surface area contributed by atoms with E-state index in [9.17, 15) is 0 Å². The number of halogens is 2. The van der Waals surface area contributed by atoms with Crippen LogP contribution >= 0.6 is 0 Å². The van der Waals surface area contributed by atoms with E-state index in [-0.39, 0.29) is 46.5 Å². The molecule has 0 aliphatic carbocycles. The largest absolute Gasteiger partial charge is 4.00 e. The van der Waals surface area contributed by atoms with Gasteiger partial charge in [-0.15, -0.1) is 0 Å². The van der Waals surface area contributed by atoms with Gasteiger partial charge in [0.1, 0.15) is 0 Å². The van der Waals surface area contributed by atoms with Gasteiger partial charge in [0.15, 0.2) is 0 Å². The average Bonchev–Trinajstić information content (AvgIpc) is 2.17. The van der Waals surface area contributed by atoms with Crippen LogP contribution in [0.25, 0.3) is 0 Å². The van der Waals surface area contributed by atoms with E-state index in [1.807, 2.05) is 14.1 Å². The van der Waals surface area contributed by atoms with Crippen molar-refractivity contribution in [1.82, 2.24) is 4.90 Å². The monoisotopic (exact) mass is 297 g/mol. The van der Waals surface area contributed by atoms with Gasteiger partial charge in [-0.3, -0.25) is 7.05 Å². The van der Waals surface area contributed by atoms with Gasteiger partial charge in [-0.25, -0.2) is 0 Å². The van der Waals surface area contributed by atoms with Crippen molar-refractivity contribution in [3.05, 3.63) is 35.4 Å². The summed E-state index contributed by atoms with van der Waals surface area (Å²) in [6, 6.07) is 2.24. The molecule has 0 radical (unpaired) electrons.